The summed E-state index contributed by atoms with van der Waals surface area (Å²) < 4.78 is 0. The van der Waals surface area contributed by atoms with Gasteiger partial charge in [-0.05, 0) is 12.8 Å². The van der Waals surface area contributed by atoms with Crippen LogP contribution in [0.2, 0.25) is 0 Å². The van der Waals surface area contributed by atoms with Crippen LogP contribution in [0.15, 0.2) is 18.0 Å². The first kappa shape index (κ1) is 7.04. The van der Waals surface area contributed by atoms with Crippen LogP contribution >= 0.6 is 11.3 Å². The summed E-state index contributed by atoms with van der Waals surface area (Å²) in [6.45, 7) is 3.69. The SMILES string of the molecule is C=CCc1nc(C2CC2)cs1. The van der Waals surface area contributed by atoms with Crippen molar-refractivity contribution in [2.45, 2.75) is 25.2 Å². The Morgan fingerprint density at radius 3 is 3.18 bits per heavy atom. The van der Waals surface area contributed by atoms with Crippen LogP contribution in [-0.4, -0.2) is 4.98 Å². The average Bonchev–Trinajstić information content (AvgIpc) is 2.75. The summed E-state index contributed by atoms with van der Waals surface area (Å²) in [5.41, 5.74) is 1.31. The third-order valence-corrected chi connectivity index (χ3v) is 2.77. The smallest absolute Gasteiger partial charge is 0.0966 e. The molecule has 0 N–H and O–H groups in total. The first-order valence-corrected chi connectivity index (χ1v) is 4.83. The van der Waals surface area contributed by atoms with E-state index >= 15 is 0 Å². The van der Waals surface area contributed by atoms with Crippen molar-refractivity contribution in [3.63, 3.8) is 0 Å². The zero-order chi connectivity index (χ0) is 7.68. The number of hydrogen-bond acceptors (Lipinski definition) is 2. The van der Waals surface area contributed by atoms with E-state index in [4.69, 9.17) is 0 Å². The quantitative estimate of drug-likeness (QED) is 0.627. The highest BCUT2D eigenvalue weighted by Crippen LogP contribution is 2.40. The summed E-state index contributed by atoms with van der Waals surface area (Å²) in [6.07, 6.45) is 5.53. The summed E-state index contributed by atoms with van der Waals surface area (Å²) in [4.78, 5) is 4.51. The third kappa shape index (κ3) is 1.51. The molecule has 1 aliphatic rings. The molecule has 1 aromatic heterocycles. The molecule has 0 amide bonds. The number of allylic oxidation sites excluding steroid dienone is 1. The van der Waals surface area contributed by atoms with Crippen molar-refractivity contribution in [2.75, 3.05) is 0 Å². The van der Waals surface area contributed by atoms with Crippen molar-refractivity contribution in [1.82, 2.24) is 4.98 Å². The highest BCUT2D eigenvalue weighted by molar-refractivity contribution is 7.09. The maximum absolute atomic E-state index is 4.51. The second-order valence-corrected chi connectivity index (χ2v) is 3.88. The average molecular weight is 165 g/mol. The maximum Gasteiger partial charge on any atom is 0.0966 e. The standard InChI is InChI=1S/C9H11NS/c1-2-3-9-10-8(6-11-9)7-4-5-7/h2,6-7H,1,3-5H2. The third-order valence-electron chi connectivity index (χ3n) is 1.88. The van der Waals surface area contributed by atoms with E-state index in [9.17, 15) is 0 Å². The normalized spacial score (nSPS) is 16.7. The second kappa shape index (κ2) is 2.78. The highest BCUT2D eigenvalue weighted by atomic mass is 32.1. The lowest BCUT2D eigenvalue weighted by atomic mass is 10.3. The monoisotopic (exact) mass is 165 g/mol. The number of rotatable bonds is 3. The van der Waals surface area contributed by atoms with Crippen molar-refractivity contribution in [3.8, 4) is 0 Å². The van der Waals surface area contributed by atoms with Crippen LogP contribution in [0.1, 0.15) is 29.5 Å². The van der Waals surface area contributed by atoms with E-state index in [0.717, 1.165) is 12.3 Å². The van der Waals surface area contributed by atoms with E-state index in [0.29, 0.717) is 0 Å². The van der Waals surface area contributed by atoms with Crippen molar-refractivity contribution in [2.24, 2.45) is 0 Å². The van der Waals surface area contributed by atoms with E-state index in [-0.39, 0.29) is 0 Å². The summed E-state index contributed by atoms with van der Waals surface area (Å²) in [6, 6.07) is 0. The summed E-state index contributed by atoms with van der Waals surface area (Å²) in [5.74, 6) is 0.796. The minimum Gasteiger partial charge on any atom is -0.246 e. The maximum atomic E-state index is 4.51. The molecule has 1 saturated carbocycles. The van der Waals surface area contributed by atoms with Crippen LogP contribution in [0.25, 0.3) is 0 Å². The molecule has 0 aromatic carbocycles. The molecule has 1 aromatic rings. The van der Waals surface area contributed by atoms with Gasteiger partial charge in [0.1, 0.15) is 0 Å². The Hall–Kier alpha value is -0.630. The first-order chi connectivity index (χ1) is 5.40. The fourth-order valence-electron chi connectivity index (χ4n) is 1.11. The Morgan fingerprint density at radius 1 is 1.73 bits per heavy atom. The molecular weight excluding hydrogens is 154 g/mol. The molecule has 0 bridgehead atoms. The highest BCUT2D eigenvalue weighted by Gasteiger charge is 2.25. The van der Waals surface area contributed by atoms with Gasteiger partial charge in [-0.15, -0.1) is 17.9 Å². The Morgan fingerprint density at radius 2 is 2.55 bits per heavy atom. The molecule has 58 valence electrons. The number of hydrogen-bond donors (Lipinski definition) is 0. The van der Waals surface area contributed by atoms with Crippen LogP contribution < -0.4 is 0 Å². The minimum absolute atomic E-state index is 0.796. The molecule has 11 heavy (non-hydrogen) atoms. The topological polar surface area (TPSA) is 12.9 Å². The molecule has 2 heteroatoms. The molecular formula is C9H11NS. The molecule has 0 aliphatic heterocycles. The van der Waals surface area contributed by atoms with Crippen molar-refractivity contribution < 1.29 is 0 Å². The molecule has 0 saturated heterocycles. The predicted octanol–water partition coefficient (Wildman–Crippen LogP) is 2.75. The summed E-state index contributed by atoms with van der Waals surface area (Å²) in [5, 5.41) is 3.40. The van der Waals surface area contributed by atoms with Gasteiger partial charge in [0.2, 0.25) is 0 Å². The summed E-state index contributed by atoms with van der Waals surface area (Å²) >= 11 is 1.76. The first-order valence-electron chi connectivity index (χ1n) is 3.95. The lowest BCUT2D eigenvalue weighted by Crippen LogP contribution is -1.81. The van der Waals surface area contributed by atoms with E-state index in [2.05, 4.69) is 16.9 Å². The van der Waals surface area contributed by atoms with Gasteiger partial charge in [0.25, 0.3) is 0 Å². The molecule has 1 heterocycles. The molecule has 1 aliphatic carbocycles. The largest absolute Gasteiger partial charge is 0.246 e. The Labute approximate surface area is 70.8 Å². The van der Waals surface area contributed by atoms with Crippen molar-refractivity contribution in [3.05, 3.63) is 28.7 Å². The molecule has 1 fully saturated rings. The molecule has 0 spiro atoms. The van der Waals surface area contributed by atoms with Crippen LogP contribution in [-0.2, 0) is 6.42 Å². The Bertz CT molecular complexity index is 260. The van der Waals surface area contributed by atoms with Gasteiger partial charge in [0.15, 0.2) is 0 Å². The molecule has 0 unspecified atom stereocenters. The van der Waals surface area contributed by atoms with Crippen molar-refractivity contribution in [1.29, 1.82) is 0 Å². The van der Waals surface area contributed by atoms with Gasteiger partial charge in [-0.25, -0.2) is 4.98 Å². The van der Waals surface area contributed by atoms with E-state index in [1.54, 1.807) is 11.3 Å². The number of thiazole rings is 1. The molecule has 0 atom stereocenters. The zero-order valence-corrected chi connectivity index (χ0v) is 7.23. The van der Waals surface area contributed by atoms with E-state index in [1.165, 1.54) is 23.5 Å². The molecule has 1 nitrogen and oxygen atoms in total. The van der Waals surface area contributed by atoms with Crippen LogP contribution in [0.5, 0.6) is 0 Å². The fourth-order valence-corrected chi connectivity index (χ4v) is 1.98. The van der Waals surface area contributed by atoms with Crippen LogP contribution in [0.3, 0.4) is 0 Å². The number of aromatic nitrogens is 1. The zero-order valence-electron chi connectivity index (χ0n) is 6.42. The van der Waals surface area contributed by atoms with Gasteiger partial charge >= 0.3 is 0 Å². The van der Waals surface area contributed by atoms with Gasteiger partial charge in [-0.1, -0.05) is 6.08 Å². The van der Waals surface area contributed by atoms with Gasteiger partial charge in [-0.2, -0.15) is 0 Å². The minimum atomic E-state index is 0.796. The van der Waals surface area contributed by atoms with Gasteiger partial charge < -0.3 is 0 Å². The summed E-state index contributed by atoms with van der Waals surface area (Å²) in [7, 11) is 0. The Kier molecular flexibility index (Phi) is 1.78. The molecule has 0 radical (unpaired) electrons. The van der Waals surface area contributed by atoms with E-state index < -0.39 is 0 Å². The number of nitrogens with zero attached hydrogens (tertiary/aromatic N) is 1. The lowest BCUT2D eigenvalue weighted by Gasteiger charge is -1.86. The second-order valence-electron chi connectivity index (χ2n) is 2.93. The van der Waals surface area contributed by atoms with Crippen LogP contribution in [0, 0.1) is 0 Å². The van der Waals surface area contributed by atoms with Crippen molar-refractivity contribution >= 4 is 11.3 Å². The lowest BCUT2D eigenvalue weighted by molar-refractivity contribution is 1.02. The Balaban J connectivity index is 2.11. The van der Waals surface area contributed by atoms with Crippen LogP contribution in [0.4, 0.5) is 0 Å². The van der Waals surface area contributed by atoms with Gasteiger partial charge in [0.05, 0.1) is 10.7 Å². The predicted molar refractivity (Wildman–Crippen MR) is 48.0 cm³/mol. The molecule has 2 rings (SSSR count). The fraction of sp³-hybridized carbons (Fsp3) is 0.444. The van der Waals surface area contributed by atoms with E-state index in [1.807, 2.05) is 6.08 Å². The van der Waals surface area contributed by atoms with Gasteiger partial charge in [0, 0.05) is 17.7 Å². The van der Waals surface area contributed by atoms with Gasteiger partial charge in [-0.3, -0.25) is 0 Å².